The Kier molecular flexibility index (Phi) is 4.56. The first-order valence-electron chi connectivity index (χ1n) is 6.55. The highest BCUT2D eigenvalue weighted by atomic mass is 35.5. The van der Waals surface area contributed by atoms with E-state index < -0.39 is 0 Å². The van der Waals surface area contributed by atoms with Crippen LogP contribution in [0.1, 0.15) is 25.0 Å². The second kappa shape index (κ2) is 6.18. The Balaban J connectivity index is 2.38. The molecule has 2 aromatic rings. The lowest BCUT2D eigenvalue weighted by molar-refractivity contribution is 0.778. The zero-order valence-corrected chi connectivity index (χ0v) is 12.4. The van der Waals surface area contributed by atoms with Crippen molar-refractivity contribution < 1.29 is 0 Å². The number of pyridine rings is 1. The molecule has 0 unspecified atom stereocenters. The Morgan fingerprint density at radius 1 is 1.37 bits per heavy atom. The monoisotopic (exact) mass is 274 g/mol. The fourth-order valence-corrected chi connectivity index (χ4v) is 2.21. The maximum Gasteiger partial charge on any atom is 0.136 e. The molecule has 0 aliphatic heterocycles. The molecule has 100 valence electrons. The van der Waals surface area contributed by atoms with Gasteiger partial charge in [-0.2, -0.15) is 0 Å². The molecule has 1 N–H and O–H groups in total. The molecule has 1 aromatic heterocycles. The fraction of sp³-hybridized carbons (Fsp3) is 0.312. The van der Waals surface area contributed by atoms with Crippen LogP contribution in [0.4, 0.5) is 0 Å². The van der Waals surface area contributed by atoms with E-state index in [4.69, 9.17) is 11.6 Å². The minimum atomic E-state index is 0.564. The molecule has 0 radical (unpaired) electrons. The minimum Gasteiger partial charge on any atom is -0.313 e. The molecule has 0 saturated carbocycles. The van der Waals surface area contributed by atoms with E-state index in [1.165, 1.54) is 11.1 Å². The van der Waals surface area contributed by atoms with Crippen molar-refractivity contribution in [1.29, 1.82) is 0 Å². The summed E-state index contributed by atoms with van der Waals surface area (Å²) in [5.41, 5.74) is 4.37. The lowest BCUT2D eigenvalue weighted by Gasteiger charge is -2.06. The van der Waals surface area contributed by atoms with Gasteiger partial charge < -0.3 is 5.32 Å². The Labute approximate surface area is 119 Å². The number of nitrogens with zero attached hydrogens (tertiary/aromatic N) is 1. The van der Waals surface area contributed by atoms with Crippen molar-refractivity contribution in [3.8, 4) is 0 Å². The number of fused-ring (bicyclic) bond motifs is 1. The van der Waals surface area contributed by atoms with E-state index in [9.17, 15) is 0 Å². The zero-order chi connectivity index (χ0) is 13.8. The van der Waals surface area contributed by atoms with Crippen LogP contribution >= 0.6 is 11.6 Å². The Morgan fingerprint density at radius 2 is 2.16 bits per heavy atom. The van der Waals surface area contributed by atoms with Gasteiger partial charge in [0.2, 0.25) is 0 Å². The minimum absolute atomic E-state index is 0.564. The summed E-state index contributed by atoms with van der Waals surface area (Å²) in [6.45, 7) is 8.09. The van der Waals surface area contributed by atoms with Crippen molar-refractivity contribution >= 4 is 28.6 Å². The van der Waals surface area contributed by atoms with Gasteiger partial charge in [-0.05, 0) is 38.1 Å². The molecule has 2 rings (SSSR count). The SMILES string of the molecule is CCNCC(C)=Cc1cc2ccc(C)cc2nc1Cl. The van der Waals surface area contributed by atoms with Crippen LogP contribution < -0.4 is 5.32 Å². The predicted octanol–water partition coefficient (Wildman–Crippen LogP) is 4.21. The quantitative estimate of drug-likeness (QED) is 0.845. The van der Waals surface area contributed by atoms with E-state index in [1.54, 1.807) is 0 Å². The van der Waals surface area contributed by atoms with Crippen molar-refractivity contribution in [2.75, 3.05) is 13.1 Å². The Bertz CT molecular complexity index is 617. The summed E-state index contributed by atoms with van der Waals surface area (Å²) in [7, 11) is 0. The van der Waals surface area contributed by atoms with Gasteiger partial charge in [-0.3, -0.25) is 0 Å². The number of hydrogen-bond donors (Lipinski definition) is 1. The van der Waals surface area contributed by atoms with Crippen molar-refractivity contribution in [2.45, 2.75) is 20.8 Å². The normalized spacial score (nSPS) is 12.1. The van der Waals surface area contributed by atoms with Gasteiger partial charge in [-0.15, -0.1) is 0 Å². The molecule has 0 spiro atoms. The molecule has 0 fully saturated rings. The fourth-order valence-electron chi connectivity index (χ4n) is 2.01. The van der Waals surface area contributed by atoms with Crippen LogP contribution in [0.3, 0.4) is 0 Å². The number of aryl methyl sites for hydroxylation is 1. The molecule has 2 nitrogen and oxygen atoms in total. The molecule has 0 atom stereocenters. The van der Waals surface area contributed by atoms with Crippen LogP contribution in [0.25, 0.3) is 17.0 Å². The number of hydrogen-bond acceptors (Lipinski definition) is 2. The topological polar surface area (TPSA) is 24.9 Å². The van der Waals surface area contributed by atoms with E-state index in [1.807, 2.05) is 0 Å². The summed E-state index contributed by atoms with van der Waals surface area (Å²) in [5, 5.41) is 4.99. The van der Waals surface area contributed by atoms with Crippen LogP contribution in [0.2, 0.25) is 5.15 Å². The third-order valence-electron chi connectivity index (χ3n) is 3.01. The van der Waals surface area contributed by atoms with Gasteiger partial charge in [-0.1, -0.05) is 42.3 Å². The molecular formula is C16H19ClN2. The van der Waals surface area contributed by atoms with Crippen molar-refractivity contribution in [3.63, 3.8) is 0 Å². The molecular weight excluding hydrogens is 256 g/mol. The lowest BCUT2D eigenvalue weighted by Crippen LogP contribution is -2.14. The third kappa shape index (κ3) is 3.55. The number of likely N-dealkylation sites (N-methyl/N-ethyl adjacent to an activating group) is 1. The summed E-state index contributed by atoms with van der Waals surface area (Å²) in [6, 6.07) is 8.33. The zero-order valence-electron chi connectivity index (χ0n) is 11.6. The highest BCUT2D eigenvalue weighted by Gasteiger charge is 2.03. The number of nitrogens with one attached hydrogen (secondary N) is 1. The van der Waals surface area contributed by atoms with Crippen LogP contribution in [-0.2, 0) is 0 Å². The van der Waals surface area contributed by atoms with E-state index in [0.717, 1.165) is 29.6 Å². The summed E-state index contributed by atoms with van der Waals surface area (Å²) < 4.78 is 0. The highest BCUT2D eigenvalue weighted by Crippen LogP contribution is 2.23. The summed E-state index contributed by atoms with van der Waals surface area (Å²) >= 11 is 6.26. The van der Waals surface area contributed by atoms with Crippen LogP contribution in [-0.4, -0.2) is 18.1 Å². The van der Waals surface area contributed by atoms with Gasteiger partial charge >= 0.3 is 0 Å². The van der Waals surface area contributed by atoms with Crippen molar-refractivity contribution in [2.24, 2.45) is 0 Å². The first-order chi connectivity index (χ1) is 9.10. The van der Waals surface area contributed by atoms with Gasteiger partial charge in [0.05, 0.1) is 5.52 Å². The molecule has 0 aliphatic carbocycles. The predicted molar refractivity (Wildman–Crippen MR) is 83.7 cm³/mol. The second-order valence-electron chi connectivity index (χ2n) is 4.84. The van der Waals surface area contributed by atoms with E-state index >= 15 is 0 Å². The van der Waals surface area contributed by atoms with E-state index in [-0.39, 0.29) is 0 Å². The Morgan fingerprint density at radius 3 is 2.89 bits per heavy atom. The Hall–Kier alpha value is -1.38. The first-order valence-corrected chi connectivity index (χ1v) is 6.92. The molecule has 1 heterocycles. The van der Waals surface area contributed by atoms with Gasteiger partial charge in [0, 0.05) is 17.5 Å². The number of aromatic nitrogens is 1. The number of halogens is 1. The smallest absolute Gasteiger partial charge is 0.136 e. The van der Waals surface area contributed by atoms with Gasteiger partial charge in [0.15, 0.2) is 0 Å². The third-order valence-corrected chi connectivity index (χ3v) is 3.31. The summed E-state index contributed by atoms with van der Waals surface area (Å²) in [6.07, 6.45) is 2.09. The van der Waals surface area contributed by atoms with Crippen molar-refractivity contribution in [3.05, 3.63) is 46.1 Å². The van der Waals surface area contributed by atoms with Crippen LogP contribution in [0.5, 0.6) is 0 Å². The molecule has 0 bridgehead atoms. The number of rotatable bonds is 4. The van der Waals surface area contributed by atoms with Crippen molar-refractivity contribution in [1.82, 2.24) is 10.3 Å². The summed E-state index contributed by atoms with van der Waals surface area (Å²) in [4.78, 5) is 4.47. The summed E-state index contributed by atoms with van der Waals surface area (Å²) in [5.74, 6) is 0. The van der Waals surface area contributed by atoms with Gasteiger partial charge in [0.1, 0.15) is 5.15 Å². The molecule has 3 heteroatoms. The maximum absolute atomic E-state index is 6.26. The number of benzene rings is 1. The standard InChI is InChI=1S/C16H19ClN2/c1-4-18-10-12(3)7-14-9-13-6-5-11(2)8-15(13)19-16(14)17/h5-9,18H,4,10H2,1-3H3. The average molecular weight is 275 g/mol. The second-order valence-corrected chi connectivity index (χ2v) is 5.19. The van der Waals surface area contributed by atoms with Gasteiger partial charge in [-0.25, -0.2) is 4.98 Å². The van der Waals surface area contributed by atoms with E-state index in [2.05, 4.69) is 61.4 Å². The molecule has 0 saturated heterocycles. The van der Waals surface area contributed by atoms with Gasteiger partial charge in [0.25, 0.3) is 0 Å². The molecule has 0 aliphatic rings. The molecule has 19 heavy (non-hydrogen) atoms. The molecule has 1 aromatic carbocycles. The largest absolute Gasteiger partial charge is 0.313 e. The van der Waals surface area contributed by atoms with Crippen LogP contribution in [0, 0.1) is 6.92 Å². The van der Waals surface area contributed by atoms with E-state index in [0.29, 0.717) is 5.15 Å². The van der Waals surface area contributed by atoms with Crippen LogP contribution in [0.15, 0.2) is 29.8 Å². The average Bonchev–Trinajstić information content (AvgIpc) is 2.37. The first kappa shape index (κ1) is 14.0. The lowest BCUT2D eigenvalue weighted by atomic mass is 10.1. The molecule has 0 amide bonds. The highest BCUT2D eigenvalue weighted by molar-refractivity contribution is 6.31. The maximum atomic E-state index is 6.26.